The highest BCUT2D eigenvalue weighted by Crippen LogP contribution is 2.19. The molecule has 0 aliphatic carbocycles. The zero-order valence-corrected chi connectivity index (χ0v) is 15.2. The Bertz CT molecular complexity index is 884. The molecule has 26 heavy (non-hydrogen) atoms. The minimum atomic E-state index is -0.265. The van der Waals surface area contributed by atoms with Gasteiger partial charge >= 0.3 is 0 Å². The predicted molar refractivity (Wildman–Crippen MR) is 101 cm³/mol. The maximum atomic E-state index is 12.2. The highest BCUT2D eigenvalue weighted by Gasteiger charge is 2.09. The van der Waals surface area contributed by atoms with Gasteiger partial charge in [0.1, 0.15) is 10.8 Å². The van der Waals surface area contributed by atoms with Crippen molar-refractivity contribution in [2.45, 2.75) is 13.0 Å². The highest BCUT2D eigenvalue weighted by atomic mass is 35.5. The molecule has 0 atom stereocenters. The van der Waals surface area contributed by atoms with Crippen LogP contribution in [0.25, 0.3) is 0 Å². The summed E-state index contributed by atoms with van der Waals surface area (Å²) in [6.45, 7) is 1.07. The molecule has 0 unspecified atom stereocenters. The van der Waals surface area contributed by atoms with Crippen molar-refractivity contribution in [3.63, 3.8) is 0 Å². The van der Waals surface area contributed by atoms with Crippen molar-refractivity contribution in [2.75, 3.05) is 11.9 Å². The van der Waals surface area contributed by atoms with E-state index < -0.39 is 0 Å². The molecule has 3 rings (SSSR count). The number of rotatable bonds is 7. The third-order valence-electron chi connectivity index (χ3n) is 3.51. The lowest BCUT2D eigenvalue weighted by Crippen LogP contribution is -2.26. The van der Waals surface area contributed by atoms with Crippen molar-refractivity contribution in [3.8, 4) is 0 Å². The first-order chi connectivity index (χ1) is 12.6. The van der Waals surface area contributed by atoms with Crippen molar-refractivity contribution in [1.29, 1.82) is 0 Å². The third kappa shape index (κ3) is 4.71. The topological polar surface area (TPSA) is 84.7 Å². The van der Waals surface area contributed by atoms with Gasteiger partial charge in [0.05, 0.1) is 6.33 Å². The molecule has 2 heterocycles. The number of amides is 1. The molecule has 0 bridgehead atoms. The van der Waals surface area contributed by atoms with E-state index in [4.69, 9.17) is 23.2 Å². The summed E-state index contributed by atoms with van der Waals surface area (Å²) in [5.74, 6) is 0.0990. The van der Waals surface area contributed by atoms with Crippen LogP contribution in [0.1, 0.15) is 16.9 Å². The van der Waals surface area contributed by atoms with Gasteiger partial charge in [0, 0.05) is 25.0 Å². The Hall–Kier alpha value is -2.64. The molecule has 2 aromatic heterocycles. The van der Waals surface area contributed by atoms with Gasteiger partial charge in [-0.1, -0.05) is 41.4 Å². The molecule has 9 heteroatoms. The van der Waals surface area contributed by atoms with Crippen molar-refractivity contribution < 1.29 is 4.79 Å². The van der Waals surface area contributed by atoms with E-state index in [2.05, 4.69) is 25.6 Å². The molecular formula is C17H16Cl2N6O. The Kier molecular flexibility index (Phi) is 6.04. The van der Waals surface area contributed by atoms with E-state index in [-0.39, 0.29) is 11.1 Å². The monoisotopic (exact) mass is 390 g/mol. The van der Waals surface area contributed by atoms with Crippen LogP contribution in [0, 0.1) is 0 Å². The molecular weight excluding hydrogens is 375 g/mol. The quantitative estimate of drug-likeness (QED) is 0.602. The van der Waals surface area contributed by atoms with Crippen LogP contribution in [0.4, 0.5) is 11.6 Å². The smallest absolute Gasteiger partial charge is 0.270 e. The molecule has 134 valence electrons. The second-order valence-electron chi connectivity index (χ2n) is 5.39. The molecule has 0 fully saturated rings. The Morgan fingerprint density at radius 2 is 1.92 bits per heavy atom. The maximum Gasteiger partial charge on any atom is 0.270 e. The van der Waals surface area contributed by atoms with Gasteiger partial charge in [-0.2, -0.15) is 0 Å². The number of carbonyl (C=O) groups is 1. The Morgan fingerprint density at radius 1 is 1.12 bits per heavy atom. The second kappa shape index (κ2) is 8.64. The average molecular weight is 391 g/mol. The number of benzene rings is 1. The number of anilines is 2. The summed E-state index contributed by atoms with van der Waals surface area (Å²) in [5.41, 5.74) is 1.14. The molecule has 0 aliphatic heterocycles. The lowest BCUT2D eigenvalue weighted by molar-refractivity contribution is 0.0947. The molecule has 0 radical (unpaired) electrons. The zero-order valence-electron chi connectivity index (χ0n) is 13.7. The van der Waals surface area contributed by atoms with Gasteiger partial charge in [0.2, 0.25) is 5.95 Å². The highest BCUT2D eigenvalue weighted by molar-refractivity contribution is 6.40. The Labute approximate surface area is 160 Å². The number of carbonyl (C=O) groups excluding carboxylic acids is 1. The number of aryl methyl sites for hydroxylation is 1. The lowest BCUT2D eigenvalue weighted by Gasteiger charge is -2.08. The zero-order chi connectivity index (χ0) is 18.4. The summed E-state index contributed by atoms with van der Waals surface area (Å²) < 4.78 is 1.72. The number of nitrogens with zero attached hydrogens (tertiary/aromatic N) is 4. The number of hydrogen-bond acceptors (Lipinski definition) is 5. The first kappa shape index (κ1) is 18.2. The molecule has 3 aromatic rings. The summed E-state index contributed by atoms with van der Waals surface area (Å²) in [5, 5.41) is 6.54. The number of aromatic nitrogens is 4. The van der Waals surface area contributed by atoms with Gasteiger partial charge in [-0.3, -0.25) is 4.79 Å². The maximum absolute atomic E-state index is 12.2. The van der Waals surface area contributed by atoms with Crippen molar-refractivity contribution >= 4 is 40.7 Å². The van der Waals surface area contributed by atoms with Crippen LogP contribution in [0.2, 0.25) is 10.3 Å². The van der Waals surface area contributed by atoms with Crippen molar-refractivity contribution in [1.82, 2.24) is 24.8 Å². The van der Waals surface area contributed by atoms with E-state index in [0.717, 1.165) is 5.69 Å². The molecule has 0 saturated heterocycles. The first-order valence-corrected chi connectivity index (χ1v) is 8.68. The van der Waals surface area contributed by atoms with Crippen LogP contribution in [0.3, 0.4) is 0 Å². The fourth-order valence-corrected chi connectivity index (χ4v) is 2.57. The predicted octanol–water partition coefficient (Wildman–Crippen LogP) is 3.54. The number of halogens is 2. The molecule has 1 aromatic carbocycles. The Balaban J connectivity index is 1.51. The van der Waals surface area contributed by atoms with E-state index in [1.165, 1.54) is 0 Å². The Morgan fingerprint density at radius 3 is 2.65 bits per heavy atom. The number of imidazole rings is 1. The number of para-hydroxylation sites is 1. The van der Waals surface area contributed by atoms with E-state index in [0.29, 0.717) is 36.3 Å². The first-order valence-electron chi connectivity index (χ1n) is 7.93. The molecule has 1 amide bonds. The molecule has 0 saturated carbocycles. The lowest BCUT2D eigenvalue weighted by atomic mass is 10.3. The molecule has 7 nitrogen and oxygen atoms in total. The minimum Gasteiger partial charge on any atom is -0.351 e. The number of hydrogen-bond donors (Lipinski definition) is 2. The second-order valence-corrected chi connectivity index (χ2v) is 6.10. The van der Waals surface area contributed by atoms with Crippen LogP contribution >= 0.6 is 23.2 Å². The van der Waals surface area contributed by atoms with Gasteiger partial charge in [0.25, 0.3) is 5.91 Å². The van der Waals surface area contributed by atoms with Crippen molar-refractivity contribution in [3.05, 3.63) is 64.9 Å². The summed E-state index contributed by atoms with van der Waals surface area (Å²) in [6.07, 6.45) is 3.79. The summed E-state index contributed by atoms with van der Waals surface area (Å²) in [6, 6.07) is 11.1. The van der Waals surface area contributed by atoms with E-state index in [9.17, 15) is 4.79 Å². The minimum absolute atomic E-state index is 0.265. The molecule has 2 N–H and O–H groups in total. The van der Waals surface area contributed by atoms with E-state index in [1.807, 2.05) is 30.3 Å². The van der Waals surface area contributed by atoms with Gasteiger partial charge in [0.15, 0.2) is 5.15 Å². The number of nitrogens with one attached hydrogen (secondary N) is 2. The summed E-state index contributed by atoms with van der Waals surface area (Å²) in [4.78, 5) is 24.5. The normalized spacial score (nSPS) is 10.5. The van der Waals surface area contributed by atoms with Crippen LogP contribution in [0.5, 0.6) is 0 Å². The van der Waals surface area contributed by atoms with Crippen LogP contribution in [-0.2, 0) is 6.54 Å². The summed E-state index contributed by atoms with van der Waals surface area (Å²) in [7, 11) is 0. The van der Waals surface area contributed by atoms with Gasteiger partial charge < -0.3 is 15.2 Å². The van der Waals surface area contributed by atoms with Gasteiger partial charge in [-0.25, -0.2) is 15.0 Å². The van der Waals surface area contributed by atoms with Gasteiger partial charge in [-0.15, -0.1) is 0 Å². The fourth-order valence-electron chi connectivity index (χ4n) is 2.24. The molecule has 0 spiro atoms. The molecule has 0 aliphatic rings. The SMILES string of the molecule is O=C(NCCCn1cnc(Cl)c1Cl)c1ccnc(Nc2ccccc2)n1. The van der Waals surface area contributed by atoms with Crippen LogP contribution in [-0.4, -0.2) is 32.0 Å². The van der Waals surface area contributed by atoms with Crippen LogP contribution < -0.4 is 10.6 Å². The van der Waals surface area contributed by atoms with Crippen molar-refractivity contribution in [2.24, 2.45) is 0 Å². The van der Waals surface area contributed by atoms with E-state index >= 15 is 0 Å². The summed E-state index contributed by atoms with van der Waals surface area (Å²) >= 11 is 11.8. The fraction of sp³-hybridized carbons (Fsp3) is 0.176. The average Bonchev–Trinajstić information content (AvgIpc) is 2.98. The standard InChI is InChI=1S/C17H16Cl2N6O/c18-14-15(19)25(11-22-14)10-4-8-20-16(26)13-7-9-21-17(24-13)23-12-5-2-1-3-6-12/h1-3,5-7,9,11H,4,8,10H2,(H,20,26)(H,21,23,24). The third-order valence-corrected chi connectivity index (χ3v) is 4.28. The van der Waals surface area contributed by atoms with E-state index in [1.54, 1.807) is 23.2 Å². The van der Waals surface area contributed by atoms with Crippen LogP contribution in [0.15, 0.2) is 48.9 Å². The largest absolute Gasteiger partial charge is 0.351 e. The van der Waals surface area contributed by atoms with Gasteiger partial charge in [-0.05, 0) is 24.6 Å².